The molecule has 0 aliphatic heterocycles. The average molecular weight is 361 g/mol. The molecule has 6 nitrogen and oxygen atoms in total. The van der Waals surface area contributed by atoms with Gasteiger partial charge in [0.15, 0.2) is 11.6 Å². The van der Waals surface area contributed by atoms with E-state index in [2.05, 4.69) is 15.2 Å². The van der Waals surface area contributed by atoms with Crippen LogP contribution in [0.2, 0.25) is 0 Å². The maximum Gasteiger partial charge on any atom is 0.209 e. The summed E-state index contributed by atoms with van der Waals surface area (Å²) < 4.78 is 10.4. The number of carbonyl (C=O) groups is 1. The van der Waals surface area contributed by atoms with Crippen molar-refractivity contribution in [3.05, 3.63) is 41.3 Å². The molecule has 1 aromatic carbocycles. The summed E-state index contributed by atoms with van der Waals surface area (Å²) in [5, 5.41) is 9.54. The van der Waals surface area contributed by atoms with E-state index in [1.165, 1.54) is 18.9 Å². The normalized spacial score (nSPS) is 10.6. The van der Waals surface area contributed by atoms with Crippen molar-refractivity contribution >= 4 is 28.9 Å². The number of aromatic amines is 1. The Kier molecular flexibility index (Phi) is 5.17. The van der Waals surface area contributed by atoms with Gasteiger partial charge in [0.2, 0.25) is 5.16 Å². The highest BCUT2D eigenvalue weighted by Crippen LogP contribution is 2.27. The van der Waals surface area contributed by atoms with Crippen LogP contribution in [0.15, 0.2) is 40.9 Å². The summed E-state index contributed by atoms with van der Waals surface area (Å²) in [6.07, 6.45) is 0. The summed E-state index contributed by atoms with van der Waals surface area (Å²) in [7, 11) is 3.10. The van der Waals surface area contributed by atoms with Crippen molar-refractivity contribution in [1.29, 1.82) is 0 Å². The molecule has 0 amide bonds. The molecule has 3 rings (SSSR count). The van der Waals surface area contributed by atoms with Crippen LogP contribution in [0.25, 0.3) is 10.7 Å². The van der Waals surface area contributed by atoms with E-state index in [0.29, 0.717) is 28.0 Å². The van der Waals surface area contributed by atoms with Gasteiger partial charge in [-0.15, -0.1) is 16.4 Å². The summed E-state index contributed by atoms with van der Waals surface area (Å²) in [5.41, 5.74) is 0.514. The molecule has 0 saturated carbocycles. The van der Waals surface area contributed by atoms with Crippen LogP contribution in [-0.4, -0.2) is 40.9 Å². The molecule has 2 aromatic heterocycles. The average Bonchev–Trinajstić information content (AvgIpc) is 3.30. The van der Waals surface area contributed by atoms with Gasteiger partial charge in [0.1, 0.15) is 11.5 Å². The van der Waals surface area contributed by atoms with Crippen LogP contribution in [0, 0.1) is 0 Å². The Labute approximate surface area is 147 Å². The number of thiophene rings is 1. The van der Waals surface area contributed by atoms with Gasteiger partial charge in [-0.25, -0.2) is 4.98 Å². The number of hydrogen-bond donors (Lipinski definition) is 1. The molecule has 1 N–H and O–H groups in total. The molecule has 2 heterocycles. The molecule has 0 unspecified atom stereocenters. The minimum Gasteiger partial charge on any atom is -0.497 e. The number of rotatable bonds is 7. The molecular weight excluding hydrogens is 346 g/mol. The lowest BCUT2D eigenvalue weighted by Crippen LogP contribution is -2.05. The van der Waals surface area contributed by atoms with E-state index >= 15 is 0 Å². The molecule has 0 fully saturated rings. The van der Waals surface area contributed by atoms with Crippen LogP contribution >= 0.6 is 23.1 Å². The van der Waals surface area contributed by atoms with Crippen molar-refractivity contribution in [2.24, 2.45) is 0 Å². The molecule has 24 heavy (non-hydrogen) atoms. The van der Waals surface area contributed by atoms with Gasteiger partial charge < -0.3 is 9.47 Å². The topological polar surface area (TPSA) is 77.1 Å². The molecule has 0 saturated heterocycles. The molecule has 0 spiro atoms. The van der Waals surface area contributed by atoms with E-state index in [9.17, 15) is 4.79 Å². The van der Waals surface area contributed by atoms with Crippen LogP contribution in [0.1, 0.15) is 10.4 Å². The third-order valence-corrected chi connectivity index (χ3v) is 4.98. The predicted molar refractivity (Wildman–Crippen MR) is 94.3 cm³/mol. The quantitative estimate of drug-likeness (QED) is 0.512. The fraction of sp³-hybridized carbons (Fsp3) is 0.188. The van der Waals surface area contributed by atoms with E-state index < -0.39 is 0 Å². The first-order valence-corrected chi connectivity index (χ1v) is 8.92. The fourth-order valence-electron chi connectivity index (χ4n) is 2.07. The Morgan fingerprint density at radius 2 is 2.17 bits per heavy atom. The summed E-state index contributed by atoms with van der Waals surface area (Å²) in [6, 6.07) is 9.05. The third kappa shape index (κ3) is 3.60. The van der Waals surface area contributed by atoms with Crippen LogP contribution in [-0.2, 0) is 0 Å². The highest BCUT2D eigenvalue weighted by molar-refractivity contribution is 7.99. The van der Waals surface area contributed by atoms with Crippen molar-refractivity contribution in [3.63, 3.8) is 0 Å². The number of aromatic nitrogens is 3. The molecule has 124 valence electrons. The van der Waals surface area contributed by atoms with Crippen molar-refractivity contribution in [2.45, 2.75) is 5.16 Å². The molecule has 0 atom stereocenters. The lowest BCUT2D eigenvalue weighted by Gasteiger charge is -2.08. The van der Waals surface area contributed by atoms with Crippen molar-refractivity contribution in [1.82, 2.24) is 15.2 Å². The Hall–Kier alpha value is -2.32. The third-order valence-electron chi connectivity index (χ3n) is 3.26. The number of methoxy groups -OCH3 is 2. The number of hydrogen-bond acceptors (Lipinski definition) is 7. The monoisotopic (exact) mass is 361 g/mol. The predicted octanol–water partition coefficient (Wildman–Crippen LogP) is 3.53. The van der Waals surface area contributed by atoms with Gasteiger partial charge in [-0.05, 0) is 23.6 Å². The number of carbonyl (C=O) groups excluding carboxylic acids is 1. The van der Waals surface area contributed by atoms with Gasteiger partial charge in [-0.2, -0.15) is 0 Å². The Bertz CT molecular complexity index is 831. The highest BCUT2D eigenvalue weighted by Gasteiger charge is 2.15. The number of Topliss-reactive ketones (excluding diaryl/α,β-unsaturated/α-hetero) is 1. The second-order valence-electron chi connectivity index (χ2n) is 4.72. The van der Waals surface area contributed by atoms with Gasteiger partial charge in [0, 0.05) is 6.07 Å². The number of ether oxygens (including phenoxy) is 2. The molecule has 3 aromatic rings. The van der Waals surface area contributed by atoms with E-state index in [-0.39, 0.29) is 11.5 Å². The first-order chi connectivity index (χ1) is 11.7. The van der Waals surface area contributed by atoms with Crippen LogP contribution in [0.4, 0.5) is 0 Å². The van der Waals surface area contributed by atoms with Gasteiger partial charge >= 0.3 is 0 Å². The lowest BCUT2D eigenvalue weighted by molar-refractivity contribution is 0.101. The van der Waals surface area contributed by atoms with E-state index in [0.717, 1.165) is 4.88 Å². The second-order valence-corrected chi connectivity index (χ2v) is 6.61. The van der Waals surface area contributed by atoms with Crippen LogP contribution in [0.3, 0.4) is 0 Å². The minimum absolute atomic E-state index is 0.0537. The number of ketones is 1. The van der Waals surface area contributed by atoms with Crippen molar-refractivity contribution < 1.29 is 14.3 Å². The molecule has 0 aliphatic carbocycles. The Balaban J connectivity index is 1.67. The fourth-order valence-corrected chi connectivity index (χ4v) is 3.42. The van der Waals surface area contributed by atoms with Crippen molar-refractivity contribution in [2.75, 3.05) is 20.0 Å². The van der Waals surface area contributed by atoms with E-state index in [4.69, 9.17) is 9.47 Å². The number of thioether (sulfide) groups is 1. The maximum absolute atomic E-state index is 12.4. The largest absolute Gasteiger partial charge is 0.497 e. The Morgan fingerprint density at radius 1 is 1.29 bits per heavy atom. The zero-order valence-electron chi connectivity index (χ0n) is 13.1. The van der Waals surface area contributed by atoms with Gasteiger partial charge in [-0.3, -0.25) is 9.89 Å². The molecule has 0 radical (unpaired) electrons. The number of benzene rings is 1. The maximum atomic E-state index is 12.4. The van der Waals surface area contributed by atoms with Crippen LogP contribution in [0.5, 0.6) is 11.5 Å². The SMILES string of the molecule is COc1ccc(C(=O)CSc2n[nH]c(-c3cccs3)n2)c(OC)c1. The number of nitrogens with one attached hydrogen (secondary N) is 1. The van der Waals surface area contributed by atoms with Crippen molar-refractivity contribution in [3.8, 4) is 22.2 Å². The summed E-state index contributed by atoms with van der Waals surface area (Å²) in [6.45, 7) is 0. The lowest BCUT2D eigenvalue weighted by atomic mass is 10.1. The second kappa shape index (κ2) is 7.50. The smallest absolute Gasteiger partial charge is 0.209 e. The zero-order valence-corrected chi connectivity index (χ0v) is 14.7. The van der Waals surface area contributed by atoms with E-state index in [1.54, 1.807) is 36.6 Å². The summed E-state index contributed by atoms with van der Waals surface area (Å²) >= 11 is 2.87. The number of nitrogens with zero attached hydrogens (tertiary/aromatic N) is 2. The first kappa shape index (κ1) is 16.5. The molecule has 8 heteroatoms. The van der Waals surface area contributed by atoms with Gasteiger partial charge in [0.25, 0.3) is 0 Å². The zero-order chi connectivity index (χ0) is 16.9. The summed E-state index contributed by atoms with van der Waals surface area (Å²) in [4.78, 5) is 17.8. The highest BCUT2D eigenvalue weighted by atomic mass is 32.2. The first-order valence-electron chi connectivity index (χ1n) is 7.05. The van der Waals surface area contributed by atoms with E-state index in [1.807, 2.05) is 17.5 Å². The summed E-state index contributed by atoms with van der Waals surface area (Å²) in [5.74, 6) is 2.02. The minimum atomic E-state index is -0.0537. The molecule has 0 aliphatic rings. The standard InChI is InChI=1S/C16H15N3O3S2/c1-21-10-5-6-11(13(8-10)22-2)12(20)9-24-16-17-15(18-19-16)14-4-3-7-23-14/h3-8H,9H2,1-2H3,(H,17,18,19). The molecule has 0 bridgehead atoms. The van der Waals surface area contributed by atoms with Crippen LogP contribution < -0.4 is 9.47 Å². The molecular formula is C16H15N3O3S2. The Morgan fingerprint density at radius 3 is 2.88 bits per heavy atom. The number of H-pyrrole nitrogens is 1. The van der Waals surface area contributed by atoms with Gasteiger partial charge in [0.05, 0.1) is 30.4 Å². The van der Waals surface area contributed by atoms with Gasteiger partial charge in [-0.1, -0.05) is 17.8 Å².